The Morgan fingerprint density at radius 1 is 1.05 bits per heavy atom. The Bertz CT molecular complexity index is 403. The van der Waals surface area contributed by atoms with Crippen molar-refractivity contribution in [3.63, 3.8) is 0 Å². The fourth-order valence-electron chi connectivity index (χ4n) is 6.48. The normalized spacial score (nSPS) is 43.2. The first kappa shape index (κ1) is 14.0. The van der Waals surface area contributed by atoms with Gasteiger partial charge in [-0.15, -0.1) is 0 Å². The highest BCUT2D eigenvalue weighted by atomic mass is 16.3. The number of likely N-dealkylation sites (N-methyl/N-ethyl adjacent to an activating group) is 1. The molecule has 21 heavy (non-hydrogen) atoms. The smallest absolute Gasteiger partial charge is 0.228 e. The van der Waals surface area contributed by atoms with Crippen molar-refractivity contribution in [3.05, 3.63) is 0 Å². The van der Waals surface area contributed by atoms with Gasteiger partial charge in [0.2, 0.25) is 5.91 Å². The average molecular weight is 291 g/mol. The maximum Gasteiger partial charge on any atom is 0.228 e. The Kier molecular flexibility index (Phi) is 3.15. The standard InChI is InChI=1S/C18H29NO2/c1-19(12-18(21)4-2-3-5-18)16(20)17-9-13-6-14(10-17)8-15(7-13)11-17/h13-15,21H,2-12H2,1H3. The summed E-state index contributed by atoms with van der Waals surface area (Å²) in [6.45, 7) is 0.549. The van der Waals surface area contributed by atoms with Gasteiger partial charge in [0.15, 0.2) is 0 Å². The molecule has 0 aromatic heterocycles. The van der Waals surface area contributed by atoms with Gasteiger partial charge in [-0.05, 0) is 69.1 Å². The summed E-state index contributed by atoms with van der Waals surface area (Å²) in [6, 6.07) is 0. The number of rotatable bonds is 3. The van der Waals surface area contributed by atoms with E-state index in [0.29, 0.717) is 12.5 Å². The molecule has 1 amide bonds. The third kappa shape index (κ3) is 2.32. The first-order chi connectivity index (χ1) is 9.98. The molecule has 3 heteroatoms. The molecule has 1 N–H and O–H groups in total. The van der Waals surface area contributed by atoms with Gasteiger partial charge in [-0.25, -0.2) is 0 Å². The van der Waals surface area contributed by atoms with Crippen LogP contribution in [0.1, 0.15) is 64.2 Å². The zero-order valence-electron chi connectivity index (χ0n) is 13.3. The summed E-state index contributed by atoms with van der Waals surface area (Å²) in [7, 11) is 1.93. The van der Waals surface area contributed by atoms with E-state index < -0.39 is 5.60 Å². The van der Waals surface area contributed by atoms with Crippen molar-refractivity contribution in [1.29, 1.82) is 0 Å². The van der Waals surface area contributed by atoms with E-state index in [1.165, 1.54) is 19.3 Å². The molecule has 0 unspecified atom stereocenters. The number of hydrogen-bond donors (Lipinski definition) is 1. The Balaban J connectivity index is 1.49. The lowest BCUT2D eigenvalue weighted by molar-refractivity contribution is -0.159. The average Bonchev–Trinajstić information content (AvgIpc) is 2.82. The van der Waals surface area contributed by atoms with E-state index in [4.69, 9.17) is 0 Å². The summed E-state index contributed by atoms with van der Waals surface area (Å²) in [5, 5.41) is 10.6. The molecule has 5 fully saturated rings. The van der Waals surface area contributed by atoms with Crippen molar-refractivity contribution in [2.45, 2.75) is 69.8 Å². The monoisotopic (exact) mass is 291 g/mol. The first-order valence-electron chi connectivity index (χ1n) is 8.96. The number of hydrogen-bond acceptors (Lipinski definition) is 2. The highest BCUT2D eigenvalue weighted by Crippen LogP contribution is 2.60. The molecule has 0 spiro atoms. The minimum Gasteiger partial charge on any atom is -0.388 e. The second-order valence-corrected chi connectivity index (χ2v) is 8.79. The van der Waals surface area contributed by atoms with Crippen molar-refractivity contribution < 1.29 is 9.90 Å². The maximum absolute atomic E-state index is 13.1. The van der Waals surface area contributed by atoms with Crippen molar-refractivity contribution in [3.8, 4) is 0 Å². The number of nitrogens with zero attached hydrogens (tertiary/aromatic N) is 1. The Hall–Kier alpha value is -0.570. The van der Waals surface area contributed by atoms with Gasteiger partial charge in [-0.1, -0.05) is 12.8 Å². The van der Waals surface area contributed by atoms with Crippen molar-refractivity contribution in [2.75, 3.05) is 13.6 Å². The van der Waals surface area contributed by atoms with Crippen LogP contribution in [0.2, 0.25) is 0 Å². The van der Waals surface area contributed by atoms with Crippen LogP contribution in [0.3, 0.4) is 0 Å². The summed E-state index contributed by atoms with van der Waals surface area (Å²) < 4.78 is 0. The van der Waals surface area contributed by atoms with Crippen molar-refractivity contribution in [1.82, 2.24) is 4.90 Å². The van der Waals surface area contributed by atoms with Crippen LogP contribution in [0.15, 0.2) is 0 Å². The van der Waals surface area contributed by atoms with Gasteiger partial charge in [-0.2, -0.15) is 0 Å². The Labute approximate surface area is 128 Å². The van der Waals surface area contributed by atoms with Gasteiger partial charge in [-0.3, -0.25) is 4.79 Å². The molecule has 5 rings (SSSR count). The van der Waals surface area contributed by atoms with Crippen LogP contribution in [0, 0.1) is 23.2 Å². The summed E-state index contributed by atoms with van der Waals surface area (Å²) >= 11 is 0. The fourth-order valence-corrected chi connectivity index (χ4v) is 6.48. The molecule has 0 atom stereocenters. The quantitative estimate of drug-likeness (QED) is 0.868. The minimum atomic E-state index is -0.604. The number of aliphatic hydroxyl groups is 1. The molecular weight excluding hydrogens is 262 g/mol. The largest absolute Gasteiger partial charge is 0.388 e. The van der Waals surface area contributed by atoms with Crippen LogP contribution in [0.4, 0.5) is 0 Å². The lowest BCUT2D eigenvalue weighted by Crippen LogP contribution is -2.55. The highest BCUT2D eigenvalue weighted by molar-refractivity contribution is 5.83. The number of carbonyl (C=O) groups excluding carboxylic acids is 1. The predicted molar refractivity (Wildman–Crippen MR) is 81.7 cm³/mol. The molecule has 5 aliphatic rings. The number of carbonyl (C=O) groups is 1. The zero-order chi connectivity index (χ0) is 14.7. The van der Waals surface area contributed by atoms with Crippen molar-refractivity contribution >= 4 is 5.91 Å². The van der Waals surface area contributed by atoms with Gasteiger partial charge < -0.3 is 10.0 Å². The summed E-state index contributed by atoms with van der Waals surface area (Å²) in [5.74, 6) is 2.77. The molecule has 0 aromatic carbocycles. The van der Waals surface area contributed by atoms with E-state index in [1.54, 1.807) is 0 Å². The lowest BCUT2D eigenvalue weighted by Gasteiger charge is -2.56. The molecule has 118 valence electrons. The Morgan fingerprint density at radius 2 is 1.52 bits per heavy atom. The van der Waals surface area contributed by atoms with Crippen LogP contribution < -0.4 is 0 Å². The molecule has 5 aliphatic carbocycles. The van der Waals surface area contributed by atoms with Crippen molar-refractivity contribution in [2.24, 2.45) is 23.2 Å². The van der Waals surface area contributed by atoms with E-state index >= 15 is 0 Å². The molecule has 0 radical (unpaired) electrons. The number of amides is 1. The van der Waals surface area contributed by atoms with Gasteiger partial charge in [0.05, 0.1) is 11.0 Å². The summed E-state index contributed by atoms with van der Waals surface area (Å²) in [4.78, 5) is 15.0. The molecule has 0 saturated heterocycles. The van der Waals surface area contributed by atoms with E-state index in [2.05, 4.69) is 0 Å². The second kappa shape index (κ2) is 4.71. The molecular formula is C18H29NO2. The van der Waals surface area contributed by atoms with Crippen LogP contribution >= 0.6 is 0 Å². The topological polar surface area (TPSA) is 40.5 Å². The molecule has 0 aliphatic heterocycles. The minimum absolute atomic E-state index is 0.0571. The van der Waals surface area contributed by atoms with E-state index in [-0.39, 0.29) is 5.41 Å². The summed E-state index contributed by atoms with van der Waals surface area (Å²) in [6.07, 6.45) is 11.4. The second-order valence-electron chi connectivity index (χ2n) is 8.79. The molecule has 5 saturated carbocycles. The van der Waals surface area contributed by atoms with Gasteiger partial charge in [0.1, 0.15) is 0 Å². The third-order valence-corrected chi connectivity index (χ3v) is 6.90. The molecule has 3 nitrogen and oxygen atoms in total. The highest BCUT2D eigenvalue weighted by Gasteiger charge is 2.55. The molecule has 4 bridgehead atoms. The van der Waals surface area contributed by atoms with Gasteiger partial charge in [0, 0.05) is 13.6 Å². The van der Waals surface area contributed by atoms with E-state index in [9.17, 15) is 9.90 Å². The lowest BCUT2D eigenvalue weighted by atomic mass is 9.49. The van der Waals surface area contributed by atoms with Crippen LogP contribution in [0.25, 0.3) is 0 Å². The maximum atomic E-state index is 13.1. The molecule has 0 heterocycles. The van der Waals surface area contributed by atoms with Crippen LogP contribution in [0.5, 0.6) is 0 Å². The Morgan fingerprint density at radius 3 is 2.00 bits per heavy atom. The van der Waals surface area contributed by atoms with Gasteiger partial charge >= 0.3 is 0 Å². The fraction of sp³-hybridized carbons (Fsp3) is 0.944. The molecule has 0 aromatic rings. The third-order valence-electron chi connectivity index (χ3n) is 6.90. The summed E-state index contributed by atoms with van der Waals surface area (Å²) in [5.41, 5.74) is -0.662. The SMILES string of the molecule is CN(CC1(O)CCCC1)C(=O)C12CC3CC(CC(C3)C1)C2. The van der Waals surface area contributed by atoms with E-state index in [1.807, 2.05) is 11.9 Å². The first-order valence-corrected chi connectivity index (χ1v) is 8.96. The van der Waals surface area contributed by atoms with Gasteiger partial charge in [0.25, 0.3) is 0 Å². The predicted octanol–water partition coefficient (Wildman–Crippen LogP) is 2.97. The van der Waals surface area contributed by atoms with E-state index in [0.717, 1.165) is 62.7 Å². The van der Waals surface area contributed by atoms with Crippen LogP contribution in [-0.2, 0) is 4.79 Å². The van der Waals surface area contributed by atoms with Crippen LogP contribution in [-0.4, -0.2) is 35.1 Å². The zero-order valence-corrected chi connectivity index (χ0v) is 13.3.